The Kier molecular flexibility index (Phi) is 4.92. The third kappa shape index (κ3) is 3.84. The van der Waals surface area contributed by atoms with Crippen LogP contribution in [-0.2, 0) is 16.4 Å². The summed E-state index contributed by atoms with van der Waals surface area (Å²) in [6, 6.07) is 2.02. The van der Waals surface area contributed by atoms with Gasteiger partial charge in [-0.15, -0.1) is 0 Å². The van der Waals surface area contributed by atoms with Crippen LogP contribution < -0.4 is 4.90 Å². The summed E-state index contributed by atoms with van der Waals surface area (Å²) >= 11 is 0. The number of rotatable bonds is 5. The van der Waals surface area contributed by atoms with Gasteiger partial charge in [0, 0.05) is 25.5 Å². The zero-order valence-electron chi connectivity index (χ0n) is 12.6. The average molecular weight is 376 g/mol. The summed E-state index contributed by atoms with van der Waals surface area (Å²) in [6.07, 6.45) is 4.27. The van der Waals surface area contributed by atoms with Crippen LogP contribution in [0.4, 0.5) is 24.5 Å². The van der Waals surface area contributed by atoms with Crippen molar-refractivity contribution in [3.63, 3.8) is 0 Å². The zero-order chi connectivity index (χ0) is 18.8. The van der Waals surface area contributed by atoms with Crippen LogP contribution in [-0.4, -0.2) is 35.9 Å². The van der Waals surface area contributed by atoms with E-state index in [1.54, 1.807) is 0 Å². The van der Waals surface area contributed by atoms with E-state index in [1.807, 2.05) is 0 Å². The van der Waals surface area contributed by atoms with Crippen LogP contribution in [0.5, 0.6) is 0 Å². The number of nitro benzene ring substituents is 1. The fraction of sp³-hybridized carbons (Fsp3) is 0.231. The second kappa shape index (κ2) is 6.63. The lowest BCUT2D eigenvalue weighted by atomic mass is 10.2. The van der Waals surface area contributed by atoms with Gasteiger partial charge in [0.05, 0.1) is 28.3 Å². The molecule has 0 N–H and O–H groups in total. The minimum atomic E-state index is -5.68. The molecule has 0 saturated heterocycles. The molecule has 1 aromatic heterocycles. The van der Waals surface area contributed by atoms with Gasteiger partial charge in [0.25, 0.3) is 15.5 Å². The van der Waals surface area contributed by atoms with Gasteiger partial charge >= 0.3 is 5.51 Å². The first-order chi connectivity index (χ1) is 11.5. The molecule has 0 fully saturated rings. The molecule has 0 aliphatic carbocycles. The predicted molar refractivity (Wildman–Crippen MR) is 80.5 cm³/mol. The lowest BCUT2D eigenvalue weighted by Gasteiger charge is -2.19. The lowest BCUT2D eigenvalue weighted by Crippen LogP contribution is -2.24. The molecule has 8 nitrogen and oxygen atoms in total. The highest BCUT2D eigenvalue weighted by Gasteiger charge is 2.47. The van der Waals surface area contributed by atoms with Crippen molar-refractivity contribution < 1.29 is 26.5 Å². The first kappa shape index (κ1) is 18.6. The summed E-state index contributed by atoms with van der Waals surface area (Å²) in [6.45, 7) is 0.0834. The Balaban J connectivity index is 2.45. The van der Waals surface area contributed by atoms with E-state index in [1.165, 1.54) is 30.5 Å². The van der Waals surface area contributed by atoms with Crippen LogP contribution in [0.1, 0.15) is 5.69 Å². The van der Waals surface area contributed by atoms with E-state index in [4.69, 9.17) is 0 Å². The van der Waals surface area contributed by atoms with Crippen molar-refractivity contribution in [3.8, 4) is 0 Å². The molecule has 0 aliphatic heterocycles. The molecule has 0 bridgehead atoms. The van der Waals surface area contributed by atoms with E-state index < -0.39 is 30.9 Å². The van der Waals surface area contributed by atoms with Gasteiger partial charge in [0.1, 0.15) is 5.69 Å². The number of anilines is 1. The standard InChI is InChI=1S/C13H11F3N4O4S/c1-19(8-9-7-17-4-5-18-9)11-3-2-10(6-12(11)20(21)22)25(23,24)13(14,15)16/h2-7H,8H2,1H3. The van der Waals surface area contributed by atoms with Crippen LogP contribution in [0.15, 0.2) is 41.7 Å². The fourth-order valence-corrected chi connectivity index (χ4v) is 2.79. The molecule has 12 heteroatoms. The summed E-state index contributed by atoms with van der Waals surface area (Å²) < 4.78 is 60.7. The number of alkyl halides is 3. The molecule has 1 heterocycles. The Labute approximate surface area is 140 Å². The van der Waals surface area contributed by atoms with Crippen LogP contribution in [0, 0.1) is 10.1 Å². The van der Waals surface area contributed by atoms with Crippen molar-refractivity contribution in [2.24, 2.45) is 0 Å². The molecular weight excluding hydrogens is 365 g/mol. The molecule has 134 valence electrons. The molecule has 0 spiro atoms. The number of sulfone groups is 1. The Morgan fingerprint density at radius 1 is 1.28 bits per heavy atom. The summed E-state index contributed by atoms with van der Waals surface area (Å²) in [4.78, 5) is 18.2. The van der Waals surface area contributed by atoms with Gasteiger partial charge in [-0.05, 0) is 12.1 Å². The highest BCUT2D eigenvalue weighted by Crippen LogP contribution is 2.36. The summed E-state index contributed by atoms with van der Waals surface area (Å²) in [7, 11) is -4.23. The van der Waals surface area contributed by atoms with E-state index in [2.05, 4.69) is 9.97 Å². The monoisotopic (exact) mass is 376 g/mol. The minimum Gasteiger partial charge on any atom is -0.363 e. The molecule has 1 aromatic carbocycles. The van der Waals surface area contributed by atoms with Crippen molar-refractivity contribution >= 4 is 21.2 Å². The maximum atomic E-state index is 12.6. The van der Waals surface area contributed by atoms with Gasteiger partial charge in [0.15, 0.2) is 0 Å². The van der Waals surface area contributed by atoms with E-state index in [-0.39, 0.29) is 12.2 Å². The van der Waals surface area contributed by atoms with E-state index >= 15 is 0 Å². The predicted octanol–water partition coefficient (Wildman–Crippen LogP) is 2.31. The number of aromatic nitrogens is 2. The molecule has 0 unspecified atom stereocenters. The van der Waals surface area contributed by atoms with E-state index in [0.717, 1.165) is 6.07 Å². The quantitative estimate of drug-likeness (QED) is 0.582. The molecule has 0 radical (unpaired) electrons. The third-order valence-electron chi connectivity index (χ3n) is 3.19. The second-order valence-corrected chi connectivity index (χ2v) is 6.85. The second-order valence-electron chi connectivity index (χ2n) is 4.91. The minimum absolute atomic E-state index is 0.0585. The van der Waals surface area contributed by atoms with Gasteiger partial charge in [-0.2, -0.15) is 13.2 Å². The Morgan fingerprint density at radius 2 is 1.96 bits per heavy atom. The Bertz CT molecular complexity index is 888. The van der Waals surface area contributed by atoms with Crippen molar-refractivity contribution in [1.82, 2.24) is 9.97 Å². The Morgan fingerprint density at radius 3 is 2.48 bits per heavy atom. The van der Waals surface area contributed by atoms with Crippen molar-refractivity contribution in [2.75, 3.05) is 11.9 Å². The van der Waals surface area contributed by atoms with Crippen LogP contribution in [0.25, 0.3) is 0 Å². The normalized spacial score (nSPS) is 12.0. The van der Waals surface area contributed by atoms with Crippen molar-refractivity contribution in [3.05, 3.63) is 52.6 Å². The SMILES string of the molecule is CN(Cc1cnccn1)c1ccc(S(=O)(=O)C(F)(F)F)cc1[N+](=O)[O-]. The topological polar surface area (TPSA) is 106 Å². The summed E-state index contributed by atoms with van der Waals surface area (Å²) in [5.41, 5.74) is -5.91. The number of nitrogens with zero attached hydrogens (tertiary/aromatic N) is 4. The first-order valence-electron chi connectivity index (χ1n) is 6.60. The van der Waals surface area contributed by atoms with Crippen LogP contribution in [0.2, 0.25) is 0 Å². The van der Waals surface area contributed by atoms with E-state index in [9.17, 15) is 31.7 Å². The Hall–Kier alpha value is -2.76. The maximum Gasteiger partial charge on any atom is 0.501 e. The molecule has 2 rings (SSSR count). The number of nitro groups is 1. The van der Waals surface area contributed by atoms with Gasteiger partial charge in [-0.25, -0.2) is 8.42 Å². The van der Waals surface area contributed by atoms with Crippen molar-refractivity contribution in [1.29, 1.82) is 0 Å². The largest absolute Gasteiger partial charge is 0.501 e. The number of hydrogen-bond donors (Lipinski definition) is 0. The molecule has 2 aromatic rings. The van der Waals surface area contributed by atoms with Gasteiger partial charge in [-0.1, -0.05) is 0 Å². The lowest BCUT2D eigenvalue weighted by molar-refractivity contribution is -0.384. The molecule has 0 aliphatic rings. The van der Waals surface area contributed by atoms with Gasteiger partial charge < -0.3 is 4.90 Å². The smallest absolute Gasteiger partial charge is 0.363 e. The zero-order valence-corrected chi connectivity index (χ0v) is 13.5. The molecular formula is C13H11F3N4O4S. The van der Waals surface area contributed by atoms with Crippen LogP contribution >= 0.6 is 0 Å². The summed E-state index contributed by atoms with van der Waals surface area (Å²) in [5.74, 6) is 0. The average Bonchev–Trinajstić information content (AvgIpc) is 2.54. The maximum absolute atomic E-state index is 12.6. The molecule has 0 atom stereocenters. The van der Waals surface area contributed by atoms with Gasteiger partial charge in [0.2, 0.25) is 0 Å². The molecule has 25 heavy (non-hydrogen) atoms. The van der Waals surface area contributed by atoms with Crippen molar-refractivity contribution in [2.45, 2.75) is 16.9 Å². The highest BCUT2D eigenvalue weighted by molar-refractivity contribution is 7.92. The number of halogens is 3. The fourth-order valence-electron chi connectivity index (χ4n) is 2.01. The number of benzene rings is 1. The van der Waals surface area contributed by atoms with Crippen LogP contribution in [0.3, 0.4) is 0 Å². The molecule has 0 amide bonds. The third-order valence-corrected chi connectivity index (χ3v) is 4.67. The van der Waals surface area contributed by atoms with Gasteiger partial charge in [-0.3, -0.25) is 20.1 Å². The van der Waals surface area contributed by atoms with E-state index in [0.29, 0.717) is 17.8 Å². The molecule has 0 saturated carbocycles. The number of hydrogen-bond acceptors (Lipinski definition) is 7. The first-order valence-corrected chi connectivity index (χ1v) is 8.08. The highest BCUT2D eigenvalue weighted by atomic mass is 32.2. The summed E-state index contributed by atoms with van der Waals surface area (Å²) in [5, 5.41) is 11.2.